The van der Waals surface area contributed by atoms with Crippen LogP contribution in [0.5, 0.6) is 0 Å². The van der Waals surface area contributed by atoms with Gasteiger partial charge in [0.25, 0.3) is 0 Å². The van der Waals surface area contributed by atoms with Gasteiger partial charge in [0.1, 0.15) is 22.8 Å². The largest absolute Gasteiger partial charge is 0.394 e. The van der Waals surface area contributed by atoms with Gasteiger partial charge in [-0.15, -0.1) is 11.3 Å². The van der Waals surface area contributed by atoms with Crippen LogP contribution in [0.1, 0.15) is 30.9 Å². The molecule has 0 saturated carbocycles. The lowest BCUT2D eigenvalue weighted by molar-refractivity contribution is 0.122. The van der Waals surface area contributed by atoms with Crippen LogP contribution in [0.15, 0.2) is 6.33 Å². The van der Waals surface area contributed by atoms with E-state index in [0.29, 0.717) is 0 Å². The highest BCUT2D eigenvalue weighted by atomic mass is 32.1. The number of thiophene rings is 1. The smallest absolute Gasteiger partial charge is 0.147 e. The van der Waals surface area contributed by atoms with Gasteiger partial charge in [-0.1, -0.05) is 6.92 Å². The van der Waals surface area contributed by atoms with Crippen LogP contribution in [0.3, 0.4) is 0 Å². The Hall–Kier alpha value is -2.03. The normalized spacial score (nSPS) is 18.0. The van der Waals surface area contributed by atoms with Crippen molar-refractivity contribution in [2.24, 2.45) is 0 Å². The summed E-state index contributed by atoms with van der Waals surface area (Å²) >= 11 is 1.66. The first kappa shape index (κ1) is 18.0. The zero-order valence-corrected chi connectivity index (χ0v) is 16.9. The van der Waals surface area contributed by atoms with E-state index in [9.17, 15) is 5.11 Å². The molecule has 3 aromatic rings. The second-order valence-electron chi connectivity index (χ2n) is 7.46. The number of anilines is 2. The first-order valence-electron chi connectivity index (χ1n) is 10.1. The minimum Gasteiger partial charge on any atom is -0.394 e. The molecule has 8 heteroatoms. The van der Waals surface area contributed by atoms with Gasteiger partial charge in [0.2, 0.25) is 0 Å². The first-order chi connectivity index (χ1) is 13.8. The van der Waals surface area contributed by atoms with Crippen LogP contribution < -0.4 is 10.2 Å². The number of nitrogens with zero attached hydrogens (tertiary/aromatic N) is 4. The average molecular weight is 400 g/mol. The quantitative estimate of drug-likeness (QED) is 0.682. The highest BCUT2D eigenvalue weighted by molar-refractivity contribution is 7.26. The molecule has 4 heterocycles. The van der Waals surface area contributed by atoms with E-state index in [1.807, 2.05) is 0 Å². The first-order valence-corrected chi connectivity index (χ1v) is 10.9. The number of pyridine rings is 1. The molecule has 0 bridgehead atoms. The average Bonchev–Trinajstić information content (AvgIpc) is 3.36. The molecule has 1 atom stereocenters. The Morgan fingerprint density at radius 3 is 2.86 bits per heavy atom. The number of hydrogen-bond acceptors (Lipinski definition) is 8. The Morgan fingerprint density at radius 2 is 2.07 bits per heavy atom. The molecule has 1 saturated heterocycles. The topological polar surface area (TPSA) is 83.4 Å². The number of ether oxygens (including phenoxy) is 1. The van der Waals surface area contributed by atoms with Gasteiger partial charge in [-0.25, -0.2) is 15.0 Å². The van der Waals surface area contributed by atoms with Gasteiger partial charge < -0.3 is 20.1 Å². The monoisotopic (exact) mass is 399 g/mol. The number of morpholine rings is 1. The molecule has 7 nitrogen and oxygen atoms in total. The molecule has 0 unspecified atom stereocenters. The molecule has 0 radical (unpaired) electrons. The van der Waals surface area contributed by atoms with Crippen molar-refractivity contribution in [1.29, 1.82) is 0 Å². The Kier molecular flexibility index (Phi) is 4.78. The van der Waals surface area contributed by atoms with Gasteiger partial charge >= 0.3 is 0 Å². The molecule has 0 amide bonds. The molecule has 0 spiro atoms. The van der Waals surface area contributed by atoms with E-state index >= 15 is 0 Å². The molecular weight excluding hydrogens is 374 g/mol. The SMILES string of the molecule is CC[C@H](CO)Nc1ncnc2c1sc1nc(N3CCOCC3)c3c(c12)CCC3. The third kappa shape index (κ3) is 2.91. The van der Waals surface area contributed by atoms with Crippen molar-refractivity contribution >= 4 is 43.4 Å². The molecule has 28 heavy (non-hydrogen) atoms. The summed E-state index contributed by atoms with van der Waals surface area (Å²) in [6.07, 6.45) is 5.79. The molecular formula is C20H25N5O2S. The van der Waals surface area contributed by atoms with Crippen LogP contribution >= 0.6 is 11.3 Å². The number of rotatable bonds is 5. The van der Waals surface area contributed by atoms with E-state index < -0.39 is 0 Å². The lowest BCUT2D eigenvalue weighted by atomic mass is 10.1. The summed E-state index contributed by atoms with van der Waals surface area (Å²) in [6.45, 7) is 5.47. The van der Waals surface area contributed by atoms with E-state index in [-0.39, 0.29) is 12.6 Å². The summed E-state index contributed by atoms with van der Waals surface area (Å²) in [4.78, 5) is 17.6. The fourth-order valence-corrected chi connectivity index (χ4v) is 5.40. The molecule has 0 aromatic carbocycles. The maximum absolute atomic E-state index is 9.58. The van der Waals surface area contributed by atoms with E-state index in [4.69, 9.17) is 9.72 Å². The number of fused-ring (bicyclic) bond motifs is 5. The lowest BCUT2D eigenvalue weighted by Gasteiger charge is -2.29. The molecule has 148 valence electrons. The van der Waals surface area contributed by atoms with Gasteiger partial charge in [0.15, 0.2) is 0 Å². The zero-order valence-electron chi connectivity index (χ0n) is 16.1. The summed E-state index contributed by atoms with van der Waals surface area (Å²) < 4.78 is 6.57. The van der Waals surface area contributed by atoms with Crippen molar-refractivity contribution in [3.05, 3.63) is 17.5 Å². The van der Waals surface area contributed by atoms with Gasteiger partial charge in [-0.3, -0.25) is 0 Å². The summed E-state index contributed by atoms with van der Waals surface area (Å²) in [5.41, 5.74) is 3.80. The number of aromatic nitrogens is 3. The van der Waals surface area contributed by atoms with E-state index in [0.717, 1.165) is 72.2 Å². The van der Waals surface area contributed by atoms with Gasteiger partial charge in [0, 0.05) is 18.5 Å². The summed E-state index contributed by atoms with van der Waals surface area (Å²) in [5, 5.41) is 14.2. The summed E-state index contributed by atoms with van der Waals surface area (Å²) in [6, 6.07) is -0.00843. The molecule has 1 aliphatic heterocycles. The summed E-state index contributed by atoms with van der Waals surface area (Å²) in [7, 11) is 0. The van der Waals surface area contributed by atoms with Gasteiger partial charge in [-0.05, 0) is 36.8 Å². The van der Waals surface area contributed by atoms with Crippen LogP contribution in [-0.4, -0.2) is 59.0 Å². The minimum absolute atomic E-state index is 0.00843. The van der Waals surface area contributed by atoms with Crippen molar-refractivity contribution in [2.45, 2.75) is 38.6 Å². The highest BCUT2D eigenvalue weighted by Crippen LogP contribution is 2.43. The second-order valence-corrected chi connectivity index (χ2v) is 8.46. The Balaban J connectivity index is 1.68. The molecule has 2 aliphatic rings. The molecule has 1 aliphatic carbocycles. The molecule has 2 N–H and O–H groups in total. The molecule has 5 rings (SSSR count). The second kappa shape index (κ2) is 7.42. The third-order valence-corrected chi connectivity index (χ3v) is 6.89. The lowest BCUT2D eigenvalue weighted by Crippen LogP contribution is -2.37. The van der Waals surface area contributed by atoms with Crippen LogP contribution in [0.25, 0.3) is 20.4 Å². The Bertz CT molecular complexity index is 1010. The van der Waals surface area contributed by atoms with E-state index in [2.05, 4.69) is 27.1 Å². The number of nitrogens with one attached hydrogen (secondary N) is 1. The minimum atomic E-state index is -0.00843. The van der Waals surface area contributed by atoms with E-state index in [1.54, 1.807) is 17.7 Å². The van der Waals surface area contributed by atoms with Crippen molar-refractivity contribution < 1.29 is 9.84 Å². The summed E-state index contributed by atoms with van der Waals surface area (Å²) in [5.74, 6) is 1.94. The Labute approximate surface area is 167 Å². The number of aryl methyl sites for hydroxylation is 1. The standard InChI is InChI=1S/C20H25N5O2S/c1-2-12(10-26)23-18-17-16(21-11-22-18)15-13-4-3-5-14(13)19(24-20(15)28-17)25-6-8-27-9-7-25/h11-12,26H,2-10H2,1H3,(H,21,22,23)/t12-/m1/s1. The fraction of sp³-hybridized carbons (Fsp3) is 0.550. The van der Waals surface area contributed by atoms with Crippen LogP contribution in [0, 0.1) is 0 Å². The third-order valence-electron chi connectivity index (χ3n) is 5.81. The number of aliphatic hydroxyl groups is 1. The van der Waals surface area contributed by atoms with Crippen LogP contribution in [-0.2, 0) is 17.6 Å². The predicted molar refractivity (Wildman–Crippen MR) is 113 cm³/mol. The molecule has 3 aromatic heterocycles. The van der Waals surface area contributed by atoms with Gasteiger partial charge in [0.05, 0.1) is 36.1 Å². The number of aliphatic hydroxyl groups excluding tert-OH is 1. The van der Waals surface area contributed by atoms with Crippen molar-refractivity contribution in [3.8, 4) is 0 Å². The van der Waals surface area contributed by atoms with Crippen molar-refractivity contribution in [3.63, 3.8) is 0 Å². The highest BCUT2D eigenvalue weighted by Gasteiger charge is 2.27. The predicted octanol–water partition coefficient (Wildman–Crippen LogP) is 2.75. The van der Waals surface area contributed by atoms with Crippen molar-refractivity contribution in [1.82, 2.24) is 15.0 Å². The molecule has 1 fully saturated rings. The maximum Gasteiger partial charge on any atom is 0.147 e. The van der Waals surface area contributed by atoms with E-state index in [1.165, 1.54) is 22.9 Å². The van der Waals surface area contributed by atoms with Gasteiger partial charge in [-0.2, -0.15) is 0 Å². The van der Waals surface area contributed by atoms with Crippen LogP contribution in [0.2, 0.25) is 0 Å². The Morgan fingerprint density at radius 1 is 1.25 bits per heavy atom. The fourth-order valence-electron chi connectivity index (χ4n) is 4.29. The zero-order chi connectivity index (χ0) is 19.1. The maximum atomic E-state index is 9.58. The van der Waals surface area contributed by atoms with Crippen LogP contribution in [0.4, 0.5) is 11.6 Å². The van der Waals surface area contributed by atoms with Crippen molar-refractivity contribution in [2.75, 3.05) is 43.1 Å². The number of hydrogen-bond donors (Lipinski definition) is 2.